The van der Waals surface area contributed by atoms with Crippen molar-refractivity contribution >= 4 is 11.8 Å². The van der Waals surface area contributed by atoms with Gasteiger partial charge in [-0.25, -0.2) is 0 Å². The van der Waals surface area contributed by atoms with E-state index in [4.69, 9.17) is 0 Å². The van der Waals surface area contributed by atoms with Gasteiger partial charge < -0.3 is 9.90 Å². The van der Waals surface area contributed by atoms with Gasteiger partial charge in [-0.1, -0.05) is 54.6 Å². The number of carboxylic acid groups (broad SMARTS) is 1. The Morgan fingerprint density at radius 3 is 1.95 bits per heavy atom. The molecule has 0 aliphatic heterocycles. The standard InChI is InChI=1S/C16H14O3/c17-15(10-11-16(18)19)14-8-6-13(7-9-14)12-4-2-1-3-5-12/h1-9H,10-11H2,(H,18,19)/p-1. The Labute approximate surface area is 111 Å². The van der Waals surface area contributed by atoms with Crippen molar-refractivity contribution in [2.45, 2.75) is 12.8 Å². The fraction of sp³-hybridized carbons (Fsp3) is 0.125. The highest BCUT2D eigenvalue weighted by molar-refractivity contribution is 5.97. The second-order valence-electron chi connectivity index (χ2n) is 4.24. The summed E-state index contributed by atoms with van der Waals surface area (Å²) in [5.41, 5.74) is 2.63. The first kappa shape index (κ1) is 13.0. The zero-order valence-electron chi connectivity index (χ0n) is 10.3. The van der Waals surface area contributed by atoms with Crippen LogP contribution < -0.4 is 5.11 Å². The van der Waals surface area contributed by atoms with Crippen molar-refractivity contribution in [3.8, 4) is 11.1 Å². The smallest absolute Gasteiger partial charge is 0.163 e. The minimum atomic E-state index is -1.20. The normalized spacial score (nSPS) is 10.1. The van der Waals surface area contributed by atoms with Crippen LogP contribution in [0.25, 0.3) is 11.1 Å². The van der Waals surface area contributed by atoms with Crippen LogP contribution in [0.15, 0.2) is 54.6 Å². The van der Waals surface area contributed by atoms with Crippen molar-refractivity contribution < 1.29 is 14.7 Å². The molecule has 2 aromatic rings. The first-order valence-electron chi connectivity index (χ1n) is 6.05. The number of carbonyl (C=O) groups excluding carboxylic acids is 2. The van der Waals surface area contributed by atoms with Crippen molar-refractivity contribution in [3.05, 3.63) is 60.2 Å². The number of hydrogen-bond donors (Lipinski definition) is 0. The van der Waals surface area contributed by atoms with Gasteiger partial charge in [0.1, 0.15) is 0 Å². The zero-order valence-corrected chi connectivity index (χ0v) is 10.3. The quantitative estimate of drug-likeness (QED) is 0.766. The maximum Gasteiger partial charge on any atom is 0.163 e. The van der Waals surface area contributed by atoms with Gasteiger partial charge in [-0.15, -0.1) is 0 Å². The van der Waals surface area contributed by atoms with Gasteiger partial charge in [0.2, 0.25) is 0 Å². The third-order valence-corrected chi connectivity index (χ3v) is 2.87. The van der Waals surface area contributed by atoms with Crippen LogP contribution in [0.3, 0.4) is 0 Å². The molecule has 0 heterocycles. The summed E-state index contributed by atoms with van der Waals surface area (Å²) < 4.78 is 0. The Morgan fingerprint density at radius 1 is 0.789 bits per heavy atom. The monoisotopic (exact) mass is 253 g/mol. The Balaban J connectivity index is 2.10. The molecule has 19 heavy (non-hydrogen) atoms. The molecule has 2 rings (SSSR count). The van der Waals surface area contributed by atoms with Gasteiger partial charge in [0, 0.05) is 18.0 Å². The molecule has 0 fully saturated rings. The summed E-state index contributed by atoms with van der Waals surface area (Å²) in [7, 11) is 0. The Hall–Kier alpha value is -2.42. The topological polar surface area (TPSA) is 57.2 Å². The van der Waals surface area contributed by atoms with Gasteiger partial charge in [-0.2, -0.15) is 0 Å². The second kappa shape index (κ2) is 5.96. The maximum atomic E-state index is 11.7. The molecule has 0 amide bonds. The molecule has 0 atom stereocenters. The fourth-order valence-corrected chi connectivity index (χ4v) is 1.84. The van der Waals surface area contributed by atoms with E-state index < -0.39 is 5.97 Å². The lowest BCUT2D eigenvalue weighted by atomic mass is 10.0. The molecule has 0 unspecified atom stereocenters. The third kappa shape index (κ3) is 3.52. The molecule has 2 aromatic carbocycles. The summed E-state index contributed by atoms with van der Waals surface area (Å²) in [5, 5.41) is 10.3. The minimum absolute atomic E-state index is 0.0208. The molecule has 0 aliphatic rings. The molecule has 0 saturated heterocycles. The number of ketones is 1. The van der Waals surface area contributed by atoms with Crippen molar-refractivity contribution in [1.29, 1.82) is 0 Å². The summed E-state index contributed by atoms with van der Waals surface area (Å²) >= 11 is 0. The molecule has 0 aliphatic carbocycles. The van der Waals surface area contributed by atoms with Gasteiger partial charge in [0.25, 0.3) is 0 Å². The molecule has 3 nitrogen and oxygen atoms in total. The highest BCUT2D eigenvalue weighted by Crippen LogP contribution is 2.19. The number of hydrogen-bond acceptors (Lipinski definition) is 3. The molecule has 0 radical (unpaired) electrons. The van der Waals surface area contributed by atoms with Gasteiger partial charge in [-0.3, -0.25) is 4.79 Å². The molecular formula is C16H13O3-. The number of Topliss-reactive ketones (excluding diaryl/α,β-unsaturated/α-hetero) is 1. The highest BCUT2D eigenvalue weighted by Gasteiger charge is 2.06. The average Bonchev–Trinajstić information content (AvgIpc) is 2.46. The average molecular weight is 253 g/mol. The Bertz CT molecular complexity index is 571. The molecular weight excluding hydrogens is 240 g/mol. The maximum absolute atomic E-state index is 11.7. The molecule has 0 aromatic heterocycles. The zero-order chi connectivity index (χ0) is 13.7. The summed E-state index contributed by atoms with van der Waals surface area (Å²) in [6, 6.07) is 17.0. The van der Waals surface area contributed by atoms with Gasteiger partial charge in [0.15, 0.2) is 5.78 Å². The van der Waals surface area contributed by atoms with Gasteiger partial charge in [0.05, 0.1) is 0 Å². The van der Waals surface area contributed by atoms with E-state index in [2.05, 4.69) is 0 Å². The number of carbonyl (C=O) groups is 2. The summed E-state index contributed by atoms with van der Waals surface area (Å²) in [6.45, 7) is 0. The van der Waals surface area contributed by atoms with E-state index >= 15 is 0 Å². The number of aliphatic carboxylic acids is 1. The predicted molar refractivity (Wildman–Crippen MR) is 70.4 cm³/mol. The van der Waals surface area contributed by atoms with Crippen LogP contribution in [0.2, 0.25) is 0 Å². The SMILES string of the molecule is O=C([O-])CCC(=O)c1ccc(-c2ccccc2)cc1. The number of benzene rings is 2. The number of rotatable bonds is 5. The number of carboxylic acids is 1. The van der Waals surface area contributed by atoms with Crippen LogP contribution in [0.4, 0.5) is 0 Å². The first-order valence-corrected chi connectivity index (χ1v) is 6.05. The molecule has 0 saturated carbocycles. The van der Waals surface area contributed by atoms with Gasteiger partial charge >= 0.3 is 0 Å². The molecule has 96 valence electrons. The van der Waals surface area contributed by atoms with Crippen LogP contribution in [0, 0.1) is 0 Å². The van der Waals surface area contributed by atoms with E-state index in [-0.39, 0.29) is 18.6 Å². The van der Waals surface area contributed by atoms with E-state index in [0.29, 0.717) is 5.56 Å². The molecule has 0 bridgehead atoms. The van der Waals surface area contributed by atoms with Crippen molar-refractivity contribution in [3.63, 3.8) is 0 Å². The van der Waals surface area contributed by atoms with Crippen LogP contribution in [0.1, 0.15) is 23.2 Å². The molecule has 0 N–H and O–H groups in total. The summed E-state index contributed by atoms with van der Waals surface area (Å²) in [6.07, 6.45) is -0.258. The first-order chi connectivity index (χ1) is 9.16. The molecule has 3 heteroatoms. The van der Waals surface area contributed by atoms with Crippen LogP contribution in [0.5, 0.6) is 0 Å². The largest absolute Gasteiger partial charge is 0.550 e. The highest BCUT2D eigenvalue weighted by atomic mass is 16.4. The van der Waals surface area contributed by atoms with Crippen LogP contribution >= 0.6 is 0 Å². The predicted octanol–water partition coefficient (Wildman–Crippen LogP) is 2.07. The van der Waals surface area contributed by atoms with E-state index in [1.54, 1.807) is 12.1 Å². The van der Waals surface area contributed by atoms with Crippen molar-refractivity contribution in [1.82, 2.24) is 0 Å². The molecule has 0 spiro atoms. The van der Waals surface area contributed by atoms with E-state index in [1.165, 1.54) is 0 Å². The van der Waals surface area contributed by atoms with Crippen LogP contribution in [-0.2, 0) is 4.79 Å². The van der Waals surface area contributed by atoms with Crippen molar-refractivity contribution in [2.24, 2.45) is 0 Å². The van der Waals surface area contributed by atoms with Crippen LogP contribution in [-0.4, -0.2) is 11.8 Å². The third-order valence-electron chi connectivity index (χ3n) is 2.87. The van der Waals surface area contributed by atoms with E-state index in [1.807, 2.05) is 42.5 Å². The lowest BCUT2D eigenvalue weighted by Gasteiger charge is -2.04. The van der Waals surface area contributed by atoms with Gasteiger partial charge in [-0.05, 0) is 17.5 Å². The minimum Gasteiger partial charge on any atom is -0.550 e. The lowest BCUT2D eigenvalue weighted by Crippen LogP contribution is -2.22. The van der Waals surface area contributed by atoms with E-state index in [9.17, 15) is 14.7 Å². The fourth-order valence-electron chi connectivity index (χ4n) is 1.84. The summed E-state index contributed by atoms with van der Waals surface area (Å²) in [5.74, 6) is -1.38. The van der Waals surface area contributed by atoms with E-state index in [0.717, 1.165) is 11.1 Å². The Morgan fingerprint density at radius 2 is 1.37 bits per heavy atom. The van der Waals surface area contributed by atoms with Crippen molar-refractivity contribution in [2.75, 3.05) is 0 Å². The second-order valence-corrected chi connectivity index (χ2v) is 4.24. The lowest BCUT2D eigenvalue weighted by molar-refractivity contribution is -0.305. The summed E-state index contributed by atoms with van der Waals surface area (Å²) in [4.78, 5) is 22.0. The Kier molecular flexibility index (Phi) is 4.08.